The molecule has 1 aliphatic rings. The van der Waals surface area contributed by atoms with Crippen LogP contribution in [0.15, 0.2) is 0 Å². The highest BCUT2D eigenvalue weighted by Crippen LogP contribution is 2.38. The van der Waals surface area contributed by atoms with E-state index in [-0.39, 0.29) is 23.5 Å². The fraction of sp³-hybridized carbons (Fsp3) is 0.900. The van der Waals surface area contributed by atoms with E-state index < -0.39 is 0 Å². The number of carbonyl (C=O) groups is 1. The normalized spacial score (nSPS) is 29.2. The van der Waals surface area contributed by atoms with E-state index in [1.54, 1.807) is 11.9 Å². The number of rotatable bonds is 2. The molecule has 2 atom stereocenters. The molecule has 0 spiro atoms. The highest BCUT2D eigenvalue weighted by molar-refractivity contribution is 5.74. The van der Waals surface area contributed by atoms with E-state index >= 15 is 0 Å². The number of nitrogens with one attached hydrogen (secondary N) is 1. The van der Waals surface area contributed by atoms with Crippen LogP contribution in [0.3, 0.4) is 0 Å². The Kier molecular flexibility index (Phi) is 3.04. The summed E-state index contributed by atoms with van der Waals surface area (Å²) in [7, 11) is 1.79. The Hall–Kier alpha value is -0.770. The molecule has 3 N–H and O–H groups in total. The van der Waals surface area contributed by atoms with Gasteiger partial charge >= 0.3 is 6.03 Å². The van der Waals surface area contributed by atoms with Crippen molar-refractivity contribution in [2.45, 2.75) is 39.3 Å². The third-order valence-electron chi connectivity index (χ3n) is 3.46. The summed E-state index contributed by atoms with van der Waals surface area (Å²) in [6, 6.07) is 0.427. The molecule has 4 heteroatoms. The van der Waals surface area contributed by atoms with Gasteiger partial charge < -0.3 is 16.0 Å². The zero-order valence-corrected chi connectivity index (χ0v) is 9.50. The predicted molar refractivity (Wildman–Crippen MR) is 57.0 cm³/mol. The second-order valence-electron chi connectivity index (χ2n) is 4.68. The molecular formula is C10H21N3O. The molecule has 0 aliphatic heterocycles. The van der Waals surface area contributed by atoms with Gasteiger partial charge in [0, 0.05) is 31.1 Å². The van der Waals surface area contributed by atoms with Gasteiger partial charge in [-0.25, -0.2) is 4.79 Å². The summed E-state index contributed by atoms with van der Waals surface area (Å²) in [5.41, 5.74) is 5.90. The van der Waals surface area contributed by atoms with Crippen molar-refractivity contribution in [3.63, 3.8) is 0 Å². The van der Waals surface area contributed by atoms with Crippen molar-refractivity contribution < 1.29 is 4.79 Å². The molecule has 0 bridgehead atoms. The van der Waals surface area contributed by atoms with E-state index in [2.05, 4.69) is 19.2 Å². The van der Waals surface area contributed by atoms with Gasteiger partial charge in [-0.3, -0.25) is 0 Å². The van der Waals surface area contributed by atoms with Gasteiger partial charge in [-0.15, -0.1) is 0 Å². The molecule has 0 aromatic carbocycles. The quantitative estimate of drug-likeness (QED) is 0.690. The average molecular weight is 199 g/mol. The SMILES string of the molecule is CCN(C)C(=O)NC1CC(N)C1(C)C. The monoisotopic (exact) mass is 199 g/mol. The smallest absolute Gasteiger partial charge is 0.317 e. The minimum absolute atomic E-state index is 0.00234. The molecule has 2 amide bonds. The van der Waals surface area contributed by atoms with Crippen molar-refractivity contribution in [2.75, 3.05) is 13.6 Å². The van der Waals surface area contributed by atoms with E-state index in [9.17, 15) is 4.79 Å². The first-order valence-electron chi connectivity index (χ1n) is 5.16. The van der Waals surface area contributed by atoms with E-state index in [0.29, 0.717) is 0 Å². The van der Waals surface area contributed by atoms with Crippen LogP contribution < -0.4 is 11.1 Å². The third kappa shape index (κ3) is 1.85. The van der Waals surface area contributed by atoms with Crippen LogP contribution in [0.2, 0.25) is 0 Å². The van der Waals surface area contributed by atoms with Crippen LogP contribution in [0.1, 0.15) is 27.2 Å². The Morgan fingerprint density at radius 3 is 2.57 bits per heavy atom. The summed E-state index contributed by atoms with van der Waals surface area (Å²) >= 11 is 0. The van der Waals surface area contributed by atoms with E-state index in [1.807, 2.05) is 6.92 Å². The van der Waals surface area contributed by atoms with Crippen molar-refractivity contribution in [1.82, 2.24) is 10.2 Å². The summed E-state index contributed by atoms with van der Waals surface area (Å²) in [5.74, 6) is 0. The maximum atomic E-state index is 11.5. The number of nitrogens with zero attached hydrogens (tertiary/aromatic N) is 1. The summed E-state index contributed by atoms with van der Waals surface area (Å²) < 4.78 is 0. The molecular weight excluding hydrogens is 178 g/mol. The number of hydrogen-bond acceptors (Lipinski definition) is 2. The summed E-state index contributed by atoms with van der Waals surface area (Å²) in [4.78, 5) is 13.2. The molecule has 0 radical (unpaired) electrons. The molecule has 2 unspecified atom stereocenters. The zero-order chi connectivity index (χ0) is 10.9. The van der Waals surface area contributed by atoms with Gasteiger partial charge in [0.25, 0.3) is 0 Å². The molecule has 1 fully saturated rings. The molecule has 82 valence electrons. The van der Waals surface area contributed by atoms with Crippen molar-refractivity contribution in [2.24, 2.45) is 11.1 Å². The van der Waals surface area contributed by atoms with Crippen LogP contribution in [0.5, 0.6) is 0 Å². The topological polar surface area (TPSA) is 58.4 Å². The maximum Gasteiger partial charge on any atom is 0.317 e. The molecule has 0 saturated heterocycles. The van der Waals surface area contributed by atoms with Crippen LogP contribution in [0.4, 0.5) is 4.79 Å². The molecule has 0 aromatic rings. The Bertz CT molecular complexity index is 227. The predicted octanol–water partition coefficient (Wildman–Crippen LogP) is 0.773. The summed E-state index contributed by atoms with van der Waals surface area (Å²) in [6.07, 6.45) is 0.885. The Morgan fingerprint density at radius 1 is 1.64 bits per heavy atom. The van der Waals surface area contributed by atoms with Gasteiger partial charge in [-0.05, 0) is 13.3 Å². The summed E-state index contributed by atoms with van der Waals surface area (Å²) in [6.45, 7) is 6.87. The lowest BCUT2D eigenvalue weighted by atomic mass is 9.63. The molecule has 14 heavy (non-hydrogen) atoms. The van der Waals surface area contributed by atoms with Gasteiger partial charge in [0.15, 0.2) is 0 Å². The highest BCUT2D eigenvalue weighted by atomic mass is 16.2. The van der Waals surface area contributed by atoms with Crippen LogP contribution >= 0.6 is 0 Å². The second-order valence-corrected chi connectivity index (χ2v) is 4.68. The number of carbonyl (C=O) groups excluding carboxylic acids is 1. The van der Waals surface area contributed by atoms with Gasteiger partial charge in [-0.2, -0.15) is 0 Å². The van der Waals surface area contributed by atoms with Crippen molar-refractivity contribution >= 4 is 6.03 Å². The van der Waals surface area contributed by atoms with Crippen molar-refractivity contribution in [1.29, 1.82) is 0 Å². The molecule has 1 aliphatic carbocycles. The van der Waals surface area contributed by atoms with Gasteiger partial charge in [0.1, 0.15) is 0 Å². The van der Waals surface area contributed by atoms with E-state index in [1.165, 1.54) is 0 Å². The van der Waals surface area contributed by atoms with E-state index in [4.69, 9.17) is 5.73 Å². The van der Waals surface area contributed by atoms with Gasteiger partial charge in [-0.1, -0.05) is 13.8 Å². The Morgan fingerprint density at radius 2 is 2.21 bits per heavy atom. The second kappa shape index (κ2) is 3.77. The van der Waals surface area contributed by atoms with Crippen LogP contribution in [-0.2, 0) is 0 Å². The lowest BCUT2D eigenvalue weighted by Gasteiger charge is -2.50. The first kappa shape index (κ1) is 11.3. The number of amides is 2. The fourth-order valence-electron chi connectivity index (χ4n) is 1.61. The minimum atomic E-state index is -0.00234. The maximum absolute atomic E-state index is 11.5. The fourth-order valence-corrected chi connectivity index (χ4v) is 1.61. The lowest BCUT2D eigenvalue weighted by molar-refractivity contribution is 0.0753. The highest BCUT2D eigenvalue weighted by Gasteiger charge is 2.46. The van der Waals surface area contributed by atoms with Crippen LogP contribution in [-0.4, -0.2) is 36.6 Å². The zero-order valence-electron chi connectivity index (χ0n) is 9.50. The largest absolute Gasteiger partial charge is 0.335 e. The number of urea groups is 1. The standard InChI is InChI=1S/C10H21N3O/c1-5-13(4)9(14)12-8-6-7(11)10(8,2)3/h7-8H,5-6,11H2,1-4H3,(H,12,14). The summed E-state index contributed by atoms with van der Waals surface area (Å²) in [5, 5.41) is 2.99. The van der Waals surface area contributed by atoms with Gasteiger partial charge in [0.05, 0.1) is 0 Å². The third-order valence-corrected chi connectivity index (χ3v) is 3.46. The minimum Gasteiger partial charge on any atom is -0.335 e. The molecule has 1 rings (SSSR count). The van der Waals surface area contributed by atoms with Crippen molar-refractivity contribution in [3.05, 3.63) is 0 Å². The van der Waals surface area contributed by atoms with E-state index in [0.717, 1.165) is 13.0 Å². The Balaban J connectivity index is 2.44. The number of nitrogens with two attached hydrogens (primary N) is 1. The Labute approximate surface area is 85.8 Å². The lowest BCUT2D eigenvalue weighted by Crippen LogP contribution is -2.65. The molecule has 0 aromatic heterocycles. The first-order valence-corrected chi connectivity index (χ1v) is 5.16. The van der Waals surface area contributed by atoms with Gasteiger partial charge in [0.2, 0.25) is 0 Å². The first-order chi connectivity index (χ1) is 6.39. The average Bonchev–Trinajstić information content (AvgIpc) is 2.16. The number of hydrogen-bond donors (Lipinski definition) is 2. The molecule has 1 saturated carbocycles. The van der Waals surface area contributed by atoms with Crippen LogP contribution in [0, 0.1) is 5.41 Å². The van der Waals surface area contributed by atoms with Crippen molar-refractivity contribution in [3.8, 4) is 0 Å². The molecule has 0 heterocycles. The van der Waals surface area contributed by atoms with Crippen LogP contribution in [0.25, 0.3) is 0 Å². The molecule has 4 nitrogen and oxygen atoms in total.